The molecule has 0 aliphatic heterocycles. The zero-order valence-electron chi connectivity index (χ0n) is 12.5. The molecule has 1 nitrogen and oxygen atoms in total. The van der Waals surface area contributed by atoms with Crippen LogP contribution < -0.4 is 5.73 Å². The first kappa shape index (κ1) is 15.2. The molecule has 0 aliphatic rings. The second-order valence-electron chi connectivity index (χ2n) is 6.62. The predicted octanol–water partition coefficient (Wildman–Crippen LogP) is 4.51. The van der Waals surface area contributed by atoms with Crippen LogP contribution in [0.4, 0.5) is 0 Å². The number of nitrogens with two attached hydrogens (primary N) is 1. The molecular weight excluding hydrogens is 218 g/mol. The summed E-state index contributed by atoms with van der Waals surface area (Å²) in [7, 11) is 0. The van der Waals surface area contributed by atoms with Crippen LogP contribution in [0, 0.1) is 5.41 Å². The van der Waals surface area contributed by atoms with Gasteiger partial charge in [0, 0.05) is 12.0 Å². The molecule has 102 valence electrons. The summed E-state index contributed by atoms with van der Waals surface area (Å²) in [4.78, 5) is 0. The van der Waals surface area contributed by atoms with Crippen LogP contribution in [0.2, 0.25) is 0 Å². The molecule has 1 rings (SSSR count). The lowest BCUT2D eigenvalue weighted by molar-refractivity contribution is 0.310. The van der Waals surface area contributed by atoms with Crippen molar-refractivity contribution >= 4 is 0 Å². The van der Waals surface area contributed by atoms with Crippen molar-refractivity contribution in [2.24, 2.45) is 11.1 Å². The fraction of sp³-hybridized carbons (Fsp3) is 0.647. The monoisotopic (exact) mass is 247 g/mol. The number of hydrogen-bond acceptors (Lipinski definition) is 1. The maximum absolute atomic E-state index is 6.10. The molecule has 0 aliphatic carbocycles. The Morgan fingerprint density at radius 3 is 2.06 bits per heavy atom. The Bertz CT molecular complexity index is 330. The van der Waals surface area contributed by atoms with Gasteiger partial charge in [-0.05, 0) is 30.2 Å². The first-order chi connectivity index (χ1) is 8.43. The van der Waals surface area contributed by atoms with E-state index in [-0.39, 0.29) is 5.41 Å². The molecule has 0 heterocycles. The van der Waals surface area contributed by atoms with E-state index in [0.717, 1.165) is 13.0 Å². The SMILES string of the molecule is CCC(CN)(CCCC(C)(C)C)c1ccccc1. The van der Waals surface area contributed by atoms with E-state index < -0.39 is 0 Å². The number of benzene rings is 1. The minimum absolute atomic E-state index is 0.173. The van der Waals surface area contributed by atoms with Crippen molar-refractivity contribution < 1.29 is 0 Å². The van der Waals surface area contributed by atoms with Crippen LogP contribution in [0.5, 0.6) is 0 Å². The minimum Gasteiger partial charge on any atom is -0.330 e. The van der Waals surface area contributed by atoms with Crippen LogP contribution >= 0.6 is 0 Å². The Morgan fingerprint density at radius 1 is 1.00 bits per heavy atom. The molecule has 1 unspecified atom stereocenters. The molecule has 0 saturated carbocycles. The molecule has 18 heavy (non-hydrogen) atoms. The van der Waals surface area contributed by atoms with Gasteiger partial charge in [-0.15, -0.1) is 0 Å². The molecular formula is C17H29N. The van der Waals surface area contributed by atoms with Gasteiger partial charge in [0.2, 0.25) is 0 Å². The average molecular weight is 247 g/mol. The fourth-order valence-corrected chi connectivity index (χ4v) is 2.64. The standard InChI is InChI=1S/C17H29N/c1-5-17(14-18,13-9-12-16(2,3)4)15-10-7-6-8-11-15/h6-8,10-11H,5,9,12-14,18H2,1-4H3. The van der Waals surface area contributed by atoms with Crippen molar-refractivity contribution in [1.29, 1.82) is 0 Å². The molecule has 0 saturated heterocycles. The van der Waals surface area contributed by atoms with E-state index in [4.69, 9.17) is 5.73 Å². The first-order valence-electron chi connectivity index (χ1n) is 7.19. The van der Waals surface area contributed by atoms with E-state index in [2.05, 4.69) is 58.0 Å². The van der Waals surface area contributed by atoms with E-state index in [1.54, 1.807) is 0 Å². The molecule has 0 aromatic heterocycles. The van der Waals surface area contributed by atoms with Crippen LogP contribution in [0.25, 0.3) is 0 Å². The lowest BCUT2D eigenvalue weighted by Gasteiger charge is -2.33. The Morgan fingerprint density at radius 2 is 1.61 bits per heavy atom. The first-order valence-corrected chi connectivity index (χ1v) is 7.19. The summed E-state index contributed by atoms with van der Waals surface area (Å²) >= 11 is 0. The molecule has 2 N–H and O–H groups in total. The Hall–Kier alpha value is -0.820. The molecule has 1 heteroatoms. The summed E-state index contributed by atoms with van der Waals surface area (Å²) in [5.41, 5.74) is 8.10. The molecule has 0 bridgehead atoms. The normalized spacial score (nSPS) is 15.4. The second-order valence-corrected chi connectivity index (χ2v) is 6.62. The molecule has 0 amide bonds. The van der Waals surface area contributed by atoms with Crippen LogP contribution in [0.15, 0.2) is 30.3 Å². The third-order valence-corrected chi connectivity index (χ3v) is 4.04. The third kappa shape index (κ3) is 4.13. The molecule has 1 aromatic carbocycles. The second kappa shape index (κ2) is 6.38. The average Bonchev–Trinajstić information content (AvgIpc) is 2.35. The Kier molecular flexibility index (Phi) is 5.40. The van der Waals surface area contributed by atoms with Gasteiger partial charge in [0.25, 0.3) is 0 Å². The lowest BCUT2D eigenvalue weighted by atomic mass is 9.73. The predicted molar refractivity (Wildman–Crippen MR) is 80.8 cm³/mol. The van der Waals surface area contributed by atoms with Gasteiger partial charge in [-0.1, -0.05) is 64.4 Å². The van der Waals surface area contributed by atoms with Gasteiger partial charge < -0.3 is 5.73 Å². The third-order valence-electron chi connectivity index (χ3n) is 4.04. The summed E-state index contributed by atoms with van der Waals surface area (Å²) in [5, 5.41) is 0. The Labute approximate surface area is 113 Å². The highest BCUT2D eigenvalue weighted by atomic mass is 14.6. The van der Waals surface area contributed by atoms with Crippen LogP contribution in [0.1, 0.15) is 58.9 Å². The molecule has 0 spiro atoms. The highest BCUT2D eigenvalue weighted by Gasteiger charge is 2.28. The molecule has 0 radical (unpaired) electrons. The molecule has 1 atom stereocenters. The van der Waals surface area contributed by atoms with Gasteiger partial charge in [0.15, 0.2) is 0 Å². The summed E-state index contributed by atoms with van der Waals surface area (Å²) in [5.74, 6) is 0. The van der Waals surface area contributed by atoms with Crippen molar-refractivity contribution in [2.75, 3.05) is 6.54 Å². The quantitative estimate of drug-likeness (QED) is 0.786. The highest BCUT2D eigenvalue weighted by Crippen LogP contribution is 2.34. The van der Waals surface area contributed by atoms with Crippen molar-refractivity contribution in [3.8, 4) is 0 Å². The summed E-state index contributed by atoms with van der Waals surface area (Å²) in [6, 6.07) is 10.8. The van der Waals surface area contributed by atoms with Gasteiger partial charge in [0.05, 0.1) is 0 Å². The van der Waals surface area contributed by atoms with E-state index in [0.29, 0.717) is 5.41 Å². The van der Waals surface area contributed by atoms with Crippen molar-refractivity contribution in [3.05, 3.63) is 35.9 Å². The lowest BCUT2D eigenvalue weighted by Crippen LogP contribution is -2.34. The summed E-state index contributed by atoms with van der Waals surface area (Å²) in [6.45, 7) is 9.94. The topological polar surface area (TPSA) is 26.0 Å². The molecule has 1 aromatic rings. The summed E-state index contributed by atoms with van der Waals surface area (Å²) < 4.78 is 0. The van der Waals surface area contributed by atoms with Gasteiger partial charge in [-0.25, -0.2) is 0 Å². The minimum atomic E-state index is 0.173. The van der Waals surface area contributed by atoms with E-state index >= 15 is 0 Å². The van der Waals surface area contributed by atoms with Crippen molar-refractivity contribution in [2.45, 2.75) is 58.8 Å². The van der Waals surface area contributed by atoms with Gasteiger partial charge in [-0.2, -0.15) is 0 Å². The molecule has 0 fully saturated rings. The van der Waals surface area contributed by atoms with Crippen molar-refractivity contribution in [1.82, 2.24) is 0 Å². The zero-order chi connectivity index (χ0) is 13.6. The number of hydrogen-bond donors (Lipinski definition) is 1. The zero-order valence-corrected chi connectivity index (χ0v) is 12.5. The van der Waals surface area contributed by atoms with Gasteiger partial charge in [0.1, 0.15) is 0 Å². The van der Waals surface area contributed by atoms with Crippen LogP contribution in [-0.4, -0.2) is 6.54 Å². The van der Waals surface area contributed by atoms with Gasteiger partial charge >= 0.3 is 0 Å². The van der Waals surface area contributed by atoms with Crippen LogP contribution in [0.3, 0.4) is 0 Å². The van der Waals surface area contributed by atoms with Gasteiger partial charge in [-0.3, -0.25) is 0 Å². The number of rotatable bonds is 6. The van der Waals surface area contributed by atoms with E-state index in [1.165, 1.54) is 24.8 Å². The maximum Gasteiger partial charge on any atom is 0.00729 e. The smallest absolute Gasteiger partial charge is 0.00729 e. The fourth-order valence-electron chi connectivity index (χ4n) is 2.64. The van der Waals surface area contributed by atoms with E-state index in [9.17, 15) is 0 Å². The van der Waals surface area contributed by atoms with Crippen molar-refractivity contribution in [3.63, 3.8) is 0 Å². The van der Waals surface area contributed by atoms with Crippen LogP contribution in [-0.2, 0) is 5.41 Å². The largest absolute Gasteiger partial charge is 0.330 e. The maximum atomic E-state index is 6.10. The summed E-state index contributed by atoms with van der Waals surface area (Å²) in [6.07, 6.45) is 4.84. The highest BCUT2D eigenvalue weighted by molar-refractivity contribution is 5.25. The van der Waals surface area contributed by atoms with E-state index in [1.807, 2.05) is 0 Å². The Balaban J connectivity index is 2.76.